The first kappa shape index (κ1) is 13.5. The van der Waals surface area contributed by atoms with Gasteiger partial charge in [-0.2, -0.15) is 0 Å². The standard InChI is InChI=1S/C15H22FNO/c16-14-7-5-13(6-8-14)11-17-12-15(18)9-3-1-2-4-10-15/h5-8,17-18H,1-4,9-12H2. The Balaban J connectivity index is 1.78. The van der Waals surface area contributed by atoms with E-state index in [1.165, 1.54) is 25.0 Å². The first-order chi connectivity index (χ1) is 8.68. The highest BCUT2D eigenvalue weighted by Gasteiger charge is 2.27. The van der Waals surface area contributed by atoms with Crippen LogP contribution in [0.3, 0.4) is 0 Å². The lowest BCUT2D eigenvalue weighted by atomic mass is 9.94. The molecule has 0 heterocycles. The molecular weight excluding hydrogens is 229 g/mol. The predicted octanol–water partition coefficient (Wildman–Crippen LogP) is 3.00. The predicted molar refractivity (Wildman–Crippen MR) is 70.8 cm³/mol. The zero-order valence-corrected chi connectivity index (χ0v) is 10.8. The molecule has 1 aliphatic rings. The highest BCUT2D eigenvalue weighted by molar-refractivity contribution is 5.15. The summed E-state index contributed by atoms with van der Waals surface area (Å²) < 4.78 is 12.7. The Bertz CT molecular complexity index is 355. The smallest absolute Gasteiger partial charge is 0.123 e. The van der Waals surface area contributed by atoms with Gasteiger partial charge in [0.25, 0.3) is 0 Å². The second-order valence-corrected chi connectivity index (χ2v) is 5.37. The molecule has 1 aromatic rings. The minimum atomic E-state index is -0.545. The largest absolute Gasteiger partial charge is 0.389 e. The maximum absolute atomic E-state index is 12.7. The molecule has 2 nitrogen and oxygen atoms in total. The van der Waals surface area contributed by atoms with E-state index in [1.54, 1.807) is 12.1 Å². The van der Waals surface area contributed by atoms with E-state index in [-0.39, 0.29) is 5.82 Å². The zero-order chi connectivity index (χ0) is 12.8. The van der Waals surface area contributed by atoms with Crippen LogP contribution in [0.1, 0.15) is 44.1 Å². The van der Waals surface area contributed by atoms with Crippen molar-refractivity contribution in [1.29, 1.82) is 0 Å². The van der Waals surface area contributed by atoms with Crippen LogP contribution in [0.15, 0.2) is 24.3 Å². The molecule has 1 aliphatic carbocycles. The lowest BCUT2D eigenvalue weighted by Gasteiger charge is -2.27. The number of hydrogen-bond acceptors (Lipinski definition) is 2. The summed E-state index contributed by atoms with van der Waals surface area (Å²) in [7, 11) is 0. The summed E-state index contributed by atoms with van der Waals surface area (Å²) in [5, 5.41) is 13.7. The third-order valence-corrected chi connectivity index (χ3v) is 3.73. The molecule has 0 unspecified atom stereocenters. The van der Waals surface area contributed by atoms with Crippen LogP contribution < -0.4 is 5.32 Å². The Hall–Kier alpha value is -0.930. The van der Waals surface area contributed by atoms with Crippen molar-refractivity contribution in [1.82, 2.24) is 5.32 Å². The van der Waals surface area contributed by atoms with E-state index in [4.69, 9.17) is 0 Å². The van der Waals surface area contributed by atoms with Crippen molar-refractivity contribution in [2.24, 2.45) is 0 Å². The second-order valence-electron chi connectivity index (χ2n) is 5.37. The average Bonchev–Trinajstić information content (AvgIpc) is 2.57. The monoisotopic (exact) mass is 251 g/mol. The fourth-order valence-corrected chi connectivity index (χ4v) is 2.61. The van der Waals surface area contributed by atoms with Crippen molar-refractivity contribution in [3.8, 4) is 0 Å². The first-order valence-corrected chi connectivity index (χ1v) is 6.86. The van der Waals surface area contributed by atoms with Crippen LogP contribution in [0, 0.1) is 5.82 Å². The summed E-state index contributed by atoms with van der Waals surface area (Å²) in [6, 6.07) is 6.49. The number of hydrogen-bond donors (Lipinski definition) is 2. The zero-order valence-electron chi connectivity index (χ0n) is 10.8. The molecule has 0 bridgehead atoms. The van der Waals surface area contributed by atoms with E-state index in [2.05, 4.69) is 5.32 Å². The molecule has 2 N–H and O–H groups in total. The van der Waals surface area contributed by atoms with Crippen molar-refractivity contribution < 1.29 is 9.50 Å². The van der Waals surface area contributed by atoms with Gasteiger partial charge in [0.1, 0.15) is 5.82 Å². The third-order valence-electron chi connectivity index (χ3n) is 3.73. The molecule has 18 heavy (non-hydrogen) atoms. The Labute approximate surface area is 108 Å². The third kappa shape index (κ3) is 4.07. The van der Waals surface area contributed by atoms with Gasteiger partial charge in [-0.3, -0.25) is 0 Å². The number of benzene rings is 1. The Morgan fingerprint density at radius 2 is 1.67 bits per heavy atom. The SMILES string of the molecule is OC1(CNCc2ccc(F)cc2)CCCCCC1. The van der Waals surface area contributed by atoms with Crippen molar-refractivity contribution in [2.75, 3.05) is 6.54 Å². The van der Waals surface area contributed by atoms with Crippen LogP contribution in [0.25, 0.3) is 0 Å². The Morgan fingerprint density at radius 1 is 1.06 bits per heavy atom. The van der Waals surface area contributed by atoms with Gasteiger partial charge in [-0.1, -0.05) is 37.8 Å². The molecule has 1 fully saturated rings. The van der Waals surface area contributed by atoms with Gasteiger partial charge in [-0.25, -0.2) is 4.39 Å². The second kappa shape index (κ2) is 6.30. The molecule has 0 radical (unpaired) electrons. The van der Waals surface area contributed by atoms with Gasteiger partial charge in [0, 0.05) is 13.1 Å². The summed E-state index contributed by atoms with van der Waals surface area (Å²) in [5.41, 5.74) is 0.505. The highest BCUT2D eigenvalue weighted by atomic mass is 19.1. The van der Waals surface area contributed by atoms with Crippen LogP contribution in [-0.4, -0.2) is 17.3 Å². The molecule has 0 aliphatic heterocycles. The van der Waals surface area contributed by atoms with Gasteiger partial charge in [-0.15, -0.1) is 0 Å². The maximum Gasteiger partial charge on any atom is 0.123 e. The summed E-state index contributed by atoms with van der Waals surface area (Å²) in [4.78, 5) is 0. The normalized spacial score (nSPS) is 19.4. The Kier molecular flexibility index (Phi) is 4.72. The van der Waals surface area contributed by atoms with Crippen LogP contribution in [0.5, 0.6) is 0 Å². The van der Waals surface area contributed by atoms with Crippen molar-refractivity contribution in [2.45, 2.75) is 50.7 Å². The number of nitrogens with one attached hydrogen (secondary N) is 1. The number of rotatable bonds is 4. The molecule has 1 saturated carbocycles. The maximum atomic E-state index is 12.7. The molecule has 0 spiro atoms. The van der Waals surface area contributed by atoms with E-state index in [1.807, 2.05) is 0 Å². The van der Waals surface area contributed by atoms with Gasteiger partial charge in [-0.05, 0) is 30.5 Å². The van der Waals surface area contributed by atoms with Crippen molar-refractivity contribution in [3.05, 3.63) is 35.6 Å². The van der Waals surface area contributed by atoms with E-state index in [0.29, 0.717) is 13.1 Å². The molecule has 0 saturated heterocycles. The molecular formula is C15H22FNO. The van der Waals surface area contributed by atoms with Gasteiger partial charge >= 0.3 is 0 Å². The van der Waals surface area contributed by atoms with Gasteiger partial charge in [0.2, 0.25) is 0 Å². The van der Waals surface area contributed by atoms with E-state index >= 15 is 0 Å². The molecule has 3 heteroatoms. The number of halogens is 1. The van der Waals surface area contributed by atoms with E-state index in [0.717, 1.165) is 31.2 Å². The lowest BCUT2D eigenvalue weighted by molar-refractivity contribution is 0.0250. The molecule has 2 rings (SSSR count). The van der Waals surface area contributed by atoms with Crippen LogP contribution in [-0.2, 0) is 6.54 Å². The fourth-order valence-electron chi connectivity index (χ4n) is 2.61. The minimum absolute atomic E-state index is 0.207. The summed E-state index contributed by atoms with van der Waals surface area (Å²) in [6.45, 7) is 1.31. The molecule has 0 atom stereocenters. The molecule has 100 valence electrons. The molecule has 0 amide bonds. The van der Waals surface area contributed by atoms with Crippen molar-refractivity contribution in [3.63, 3.8) is 0 Å². The quantitative estimate of drug-likeness (QED) is 0.806. The van der Waals surface area contributed by atoms with E-state index in [9.17, 15) is 9.50 Å². The van der Waals surface area contributed by atoms with Crippen LogP contribution >= 0.6 is 0 Å². The Morgan fingerprint density at radius 3 is 2.28 bits per heavy atom. The lowest BCUT2D eigenvalue weighted by Crippen LogP contribution is -2.39. The minimum Gasteiger partial charge on any atom is -0.389 e. The van der Waals surface area contributed by atoms with Crippen LogP contribution in [0.2, 0.25) is 0 Å². The van der Waals surface area contributed by atoms with Gasteiger partial charge in [0.05, 0.1) is 5.60 Å². The average molecular weight is 251 g/mol. The van der Waals surface area contributed by atoms with E-state index < -0.39 is 5.60 Å². The molecule has 1 aromatic carbocycles. The highest BCUT2D eigenvalue weighted by Crippen LogP contribution is 2.26. The molecule has 0 aromatic heterocycles. The van der Waals surface area contributed by atoms with Gasteiger partial charge in [0.15, 0.2) is 0 Å². The summed E-state index contributed by atoms with van der Waals surface area (Å²) in [5.74, 6) is -0.207. The van der Waals surface area contributed by atoms with Gasteiger partial charge < -0.3 is 10.4 Å². The fraction of sp³-hybridized carbons (Fsp3) is 0.600. The van der Waals surface area contributed by atoms with Crippen LogP contribution in [0.4, 0.5) is 4.39 Å². The summed E-state index contributed by atoms with van der Waals surface area (Å²) >= 11 is 0. The van der Waals surface area contributed by atoms with Crippen molar-refractivity contribution >= 4 is 0 Å². The topological polar surface area (TPSA) is 32.3 Å². The first-order valence-electron chi connectivity index (χ1n) is 6.86. The summed E-state index contributed by atoms with van der Waals surface area (Å²) in [6.07, 6.45) is 6.50. The number of aliphatic hydroxyl groups is 1.